The first-order valence-corrected chi connectivity index (χ1v) is 8.19. The molecule has 3 N–H and O–H groups in total. The summed E-state index contributed by atoms with van der Waals surface area (Å²) in [6, 6.07) is 0. The van der Waals surface area contributed by atoms with Gasteiger partial charge in [0, 0.05) is 13.2 Å². The zero-order valence-corrected chi connectivity index (χ0v) is 13.7. The summed E-state index contributed by atoms with van der Waals surface area (Å²) in [5, 5.41) is 3.26. The summed E-state index contributed by atoms with van der Waals surface area (Å²) in [4.78, 5) is 11.5. The average Bonchev–Trinajstić information content (AvgIpc) is 2.43. The summed E-state index contributed by atoms with van der Waals surface area (Å²) < 4.78 is 5.60. The van der Waals surface area contributed by atoms with Crippen LogP contribution in [0.25, 0.3) is 0 Å². The van der Waals surface area contributed by atoms with Crippen molar-refractivity contribution in [3.63, 3.8) is 0 Å². The maximum atomic E-state index is 11.5. The Bertz CT molecular complexity index is 247. The highest BCUT2D eigenvalue weighted by atomic mass is 16.5. The van der Waals surface area contributed by atoms with Crippen molar-refractivity contribution in [2.24, 2.45) is 5.73 Å². The Labute approximate surface area is 124 Å². The molecule has 0 aliphatic rings. The van der Waals surface area contributed by atoms with Gasteiger partial charge in [-0.25, -0.2) is 0 Å². The predicted molar refractivity (Wildman–Crippen MR) is 84.7 cm³/mol. The Morgan fingerprint density at radius 1 is 1.05 bits per heavy atom. The van der Waals surface area contributed by atoms with Gasteiger partial charge in [-0.15, -0.1) is 0 Å². The number of nitrogens with one attached hydrogen (secondary N) is 1. The van der Waals surface area contributed by atoms with E-state index in [4.69, 9.17) is 10.5 Å². The zero-order valence-electron chi connectivity index (χ0n) is 13.7. The molecule has 4 nitrogen and oxygen atoms in total. The lowest BCUT2D eigenvalue weighted by Crippen LogP contribution is -2.53. The first kappa shape index (κ1) is 19.4. The lowest BCUT2D eigenvalue weighted by atomic mass is 9.94. The zero-order chi connectivity index (χ0) is 15.3. The fourth-order valence-electron chi connectivity index (χ4n) is 2.12. The number of amides is 1. The first-order valence-electron chi connectivity index (χ1n) is 8.19. The second-order valence-electron chi connectivity index (χ2n) is 5.75. The molecule has 0 aromatic carbocycles. The summed E-state index contributed by atoms with van der Waals surface area (Å²) in [5.41, 5.74) is 4.92. The van der Waals surface area contributed by atoms with E-state index in [1.165, 1.54) is 19.3 Å². The van der Waals surface area contributed by atoms with Crippen molar-refractivity contribution < 1.29 is 9.53 Å². The molecule has 0 saturated heterocycles. The number of rotatable bonds is 14. The highest BCUT2D eigenvalue weighted by molar-refractivity contribution is 5.84. The summed E-state index contributed by atoms with van der Waals surface area (Å²) >= 11 is 0. The first-order chi connectivity index (χ1) is 9.56. The second-order valence-corrected chi connectivity index (χ2v) is 5.75. The largest absolute Gasteiger partial charge is 0.381 e. The van der Waals surface area contributed by atoms with Crippen LogP contribution in [-0.4, -0.2) is 31.2 Å². The van der Waals surface area contributed by atoms with Crippen molar-refractivity contribution in [3.05, 3.63) is 0 Å². The SMILES string of the molecule is CCCCCCOCCCCC(C)(NCCC)C(N)=O. The van der Waals surface area contributed by atoms with Crippen molar-refractivity contribution in [1.82, 2.24) is 5.32 Å². The monoisotopic (exact) mass is 286 g/mol. The summed E-state index contributed by atoms with van der Waals surface area (Å²) in [7, 11) is 0. The van der Waals surface area contributed by atoms with Gasteiger partial charge < -0.3 is 15.8 Å². The van der Waals surface area contributed by atoms with Crippen LogP contribution in [0.3, 0.4) is 0 Å². The van der Waals surface area contributed by atoms with Gasteiger partial charge >= 0.3 is 0 Å². The predicted octanol–water partition coefficient (Wildman–Crippen LogP) is 3.00. The maximum absolute atomic E-state index is 11.5. The van der Waals surface area contributed by atoms with Gasteiger partial charge in [-0.2, -0.15) is 0 Å². The van der Waals surface area contributed by atoms with E-state index >= 15 is 0 Å². The minimum absolute atomic E-state index is 0.258. The van der Waals surface area contributed by atoms with E-state index in [-0.39, 0.29) is 5.91 Å². The van der Waals surface area contributed by atoms with E-state index in [0.717, 1.165) is 51.9 Å². The van der Waals surface area contributed by atoms with Crippen LogP contribution in [0, 0.1) is 0 Å². The summed E-state index contributed by atoms with van der Waals surface area (Å²) in [5.74, 6) is -0.258. The fraction of sp³-hybridized carbons (Fsp3) is 0.938. The standard InChI is InChI=1S/C16H34N2O2/c1-4-6-7-9-13-20-14-10-8-11-16(3,15(17)19)18-12-5-2/h18H,4-14H2,1-3H3,(H2,17,19). The van der Waals surface area contributed by atoms with Crippen molar-refractivity contribution in [1.29, 1.82) is 0 Å². The Balaban J connectivity index is 3.61. The number of nitrogens with two attached hydrogens (primary N) is 1. The van der Waals surface area contributed by atoms with E-state index < -0.39 is 5.54 Å². The third-order valence-corrected chi connectivity index (χ3v) is 3.67. The van der Waals surface area contributed by atoms with Crippen molar-refractivity contribution in [2.75, 3.05) is 19.8 Å². The Morgan fingerprint density at radius 2 is 1.70 bits per heavy atom. The summed E-state index contributed by atoms with van der Waals surface area (Å²) in [6.45, 7) is 8.67. The number of hydrogen-bond donors (Lipinski definition) is 2. The topological polar surface area (TPSA) is 64.3 Å². The summed E-state index contributed by atoms with van der Waals surface area (Å²) in [6.07, 6.45) is 8.71. The fourth-order valence-corrected chi connectivity index (χ4v) is 2.12. The van der Waals surface area contributed by atoms with Crippen molar-refractivity contribution in [2.45, 2.75) is 77.7 Å². The van der Waals surface area contributed by atoms with Crippen molar-refractivity contribution >= 4 is 5.91 Å². The third kappa shape index (κ3) is 9.32. The lowest BCUT2D eigenvalue weighted by molar-refractivity contribution is -0.124. The molecule has 20 heavy (non-hydrogen) atoms. The van der Waals surface area contributed by atoms with Gasteiger partial charge in [0.1, 0.15) is 0 Å². The molecule has 0 aromatic rings. The highest BCUT2D eigenvalue weighted by Gasteiger charge is 2.29. The molecule has 1 amide bonds. The van der Waals surface area contributed by atoms with Crippen LogP contribution in [-0.2, 0) is 9.53 Å². The minimum Gasteiger partial charge on any atom is -0.381 e. The average molecular weight is 286 g/mol. The molecule has 0 radical (unpaired) electrons. The van der Waals surface area contributed by atoms with E-state index in [0.29, 0.717) is 0 Å². The van der Waals surface area contributed by atoms with E-state index in [1.54, 1.807) is 0 Å². The van der Waals surface area contributed by atoms with Gasteiger partial charge in [0.2, 0.25) is 5.91 Å². The quantitative estimate of drug-likeness (QED) is 0.482. The molecular weight excluding hydrogens is 252 g/mol. The number of unbranched alkanes of at least 4 members (excludes halogenated alkanes) is 4. The normalized spacial score (nSPS) is 14.2. The van der Waals surface area contributed by atoms with Gasteiger partial charge in [-0.1, -0.05) is 33.1 Å². The number of hydrogen-bond acceptors (Lipinski definition) is 3. The molecule has 0 fully saturated rings. The molecule has 120 valence electrons. The van der Waals surface area contributed by atoms with Crippen LogP contribution >= 0.6 is 0 Å². The molecule has 0 aliphatic heterocycles. The minimum atomic E-state index is -0.572. The highest BCUT2D eigenvalue weighted by Crippen LogP contribution is 2.13. The van der Waals surface area contributed by atoms with Crippen LogP contribution in [0.4, 0.5) is 0 Å². The number of carbonyl (C=O) groups is 1. The van der Waals surface area contributed by atoms with Crippen molar-refractivity contribution in [3.8, 4) is 0 Å². The molecule has 0 bridgehead atoms. The van der Waals surface area contributed by atoms with Crippen LogP contribution in [0.15, 0.2) is 0 Å². The van der Waals surface area contributed by atoms with Crippen LogP contribution < -0.4 is 11.1 Å². The molecule has 0 saturated carbocycles. The Kier molecular flexibility index (Phi) is 11.8. The number of ether oxygens (including phenoxy) is 1. The van der Waals surface area contributed by atoms with Gasteiger partial charge in [0.15, 0.2) is 0 Å². The second kappa shape index (κ2) is 12.2. The number of carbonyl (C=O) groups excluding carboxylic acids is 1. The molecule has 1 unspecified atom stereocenters. The lowest BCUT2D eigenvalue weighted by Gasteiger charge is -2.27. The number of primary amides is 1. The van der Waals surface area contributed by atoms with Gasteiger partial charge in [-0.3, -0.25) is 4.79 Å². The third-order valence-electron chi connectivity index (χ3n) is 3.67. The maximum Gasteiger partial charge on any atom is 0.237 e. The van der Waals surface area contributed by atoms with Gasteiger partial charge in [0.25, 0.3) is 0 Å². The smallest absolute Gasteiger partial charge is 0.237 e. The van der Waals surface area contributed by atoms with Gasteiger partial charge in [-0.05, 0) is 45.6 Å². The van der Waals surface area contributed by atoms with E-state index in [9.17, 15) is 4.79 Å². The molecule has 1 atom stereocenters. The Morgan fingerprint density at radius 3 is 2.25 bits per heavy atom. The van der Waals surface area contributed by atoms with Gasteiger partial charge in [0.05, 0.1) is 5.54 Å². The molecule has 0 rings (SSSR count). The molecule has 0 heterocycles. The Hall–Kier alpha value is -0.610. The molecule has 0 aromatic heterocycles. The molecule has 0 aliphatic carbocycles. The van der Waals surface area contributed by atoms with Crippen LogP contribution in [0.5, 0.6) is 0 Å². The van der Waals surface area contributed by atoms with Crippen LogP contribution in [0.2, 0.25) is 0 Å². The molecular formula is C16H34N2O2. The molecule has 4 heteroatoms. The van der Waals surface area contributed by atoms with Crippen LogP contribution in [0.1, 0.15) is 72.1 Å². The van der Waals surface area contributed by atoms with E-state index in [2.05, 4.69) is 19.2 Å². The molecule has 0 spiro atoms. The van der Waals surface area contributed by atoms with E-state index in [1.807, 2.05) is 6.92 Å².